The van der Waals surface area contributed by atoms with Gasteiger partial charge in [0.1, 0.15) is 5.75 Å². The first-order valence-corrected chi connectivity index (χ1v) is 8.47. The van der Waals surface area contributed by atoms with E-state index in [0.29, 0.717) is 13.2 Å². The van der Waals surface area contributed by atoms with Crippen LogP contribution in [0.1, 0.15) is 30.9 Å². The number of nitrogens with one attached hydrogen (secondary N) is 2. The summed E-state index contributed by atoms with van der Waals surface area (Å²) >= 11 is 0. The lowest BCUT2D eigenvalue weighted by molar-refractivity contribution is 0.152. The summed E-state index contributed by atoms with van der Waals surface area (Å²) in [6.45, 7) is 7.76. The SMILES string of the molecule is CCOCCNC(=NC)NCc1ccc(C)cc1OCC1CC1. The first-order chi connectivity index (χ1) is 11.2. The zero-order chi connectivity index (χ0) is 16.5. The standard InChI is InChI=1S/C18H29N3O2/c1-4-22-10-9-20-18(19-3)21-12-16-8-5-14(2)11-17(16)23-13-15-6-7-15/h5,8,11,15H,4,6-7,9-10,12-13H2,1-3H3,(H2,19,20,21). The number of nitrogens with zero attached hydrogens (tertiary/aromatic N) is 1. The number of aliphatic imine (C=N–C) groups is 1. The maximum atomic E-state index is 6.00. The van der Waals surface area contributed by atoms with E-state index in [0.717, 1.165) is 42.9 Å². The van der Waals surface area contributed by atoms with Crippen LogP contribution in [-0.2, 0) is 11.3 Å². The molecule has 1 aliphatic rings. The van der Waals surface area contributed by atoms with Gasteiger partial charge in [-0.3, -0.25) is 4.99 Å². The minimum atomic E-state index is 0.678. The molecular formula is C18H29N3O2. The van der Waals surface area contributed by atoms with Crippen LogP contribution in [0.15, 0.2) is 23.2 Å². The normalized spacial score (nSPS) is 14.7. The average molecular weight is 319 g/mol. The van der Waals surface area contributed by atoms with Crippen molar-refractivity contribution in [3.63, 3.8) is 0 Å². The van der Waals surface area contributed by atoms with Crippen molar-refractivity contribution >= 4 is 5.96 Å². The zero-order valence-electron chi connectivity index (χ0n) is 14.5. The third kappa shape index (κ3) is 6.48. The van der Waals surface area contributed by atoms with Crippen molar-refractivity contribution in [3.8, 4) is 5.75 Å². The second kappa shape index (κ2) is 9.40. The average Bonchev–Trinajstić information content (AvgIpc) is 3.38. The Labute approximate surface area is 139 Å². The summed E-state index contributed by atoms with van der Waals surface area (Å²) in [6.07, 6.45) is 2.60. The van der Waals surface area contributed by atoms with Crippen LogP contribution >= 0.6 is 0 Å². The summed E-state index contributed by atoms with van der Waals surface area (Å²) in [4.78, 5) is 4.23. The van der Waals surface area contributed by atoms with E-state index in [9.17, 15) is 0 Å². The van der Waals surface area contributed by atoms with Crippen LogP contribution in [0.25, 0.3) is 0 Å². The van der Waals surface area contributed by atoms with E-state index in [1.54, 1.807) is 7.05 Å². The monoisotopic (exact) mass is 319 g/mol. The number of benzene rings is 1. The minimum absolute atomic E-state index is 0.678. The van der Waals surface area contributed by atoms with Crippen LogP contribution < -0.4 is 15.4 Å². The summed E-state index contributed by atoms with van der Waals surface area (Å²) in [5, 5.41) is 6.57. The number of hydrogen-bond donors (Lipinski definition) is 2. The van der Waals surface area contributed by atoms with Crippen molar-refractivity contribution in [2.45, 2.75) is 33.2 Å². The number of guanidine groups is 1. The van der Waals surface area contributed by atoms with Crippen LogP contribution in [0.5, 0.6) is 5.75 Å². The van der Waals surface area contributed by atoms with Gasteiger partial charge in [-0.1, -0.05) is 12.1 Å². The number of rotatable bonds is 9. The van der Waals surface area contributed by atoms with Crippen molar-refractivity contribution in [1.82, 2.24) is 10.6 Å². The Hall–Kier alpha value is -1.75. The van der Waals surface area contributed by atoms with E-state index < -0.39 is 0 Å². The molecule has 0 atom stereocenters. The van der Waals surface area contributed by atoms with Crippen LogP contribution in [0, 0.1) is 12.8 Å². The molecule has 128 valence electrons. The highest BCUT2D eigenvalue weighted by molar-refractivity contribution is 5.79. The Morgan fingerprint density at radius 1 is 1.30 bits per heavy atom. The molecule has 1 aliphatic carbocycles. The predicted octanol–water partition coefficient (Wildman–Crippen LogP) is 2.49. The van der Waals surface area contributed by atoms with Gasteiger partial charge in [0.05, 0.1) is 13.2 Å². The molecule has 23 heavy (non-hydrogen) atoms. The molecule has 1 aromatic rings. The molecule has 1 aromatic carbocycles. The third-order valence-electron chi connectivity index (χ3n) is 3.81. The Kier molecular flexibility index (Phi) is 7.20. The third-order valence-corrected chi connectivity index (χ3v) is 3.81. The second-order valence-corrected chi connectivity index (χ2v) is 5.92. The highest BCUT2D eigenvalue weighted by atomic mass is 16.5. The fourth-order valence-corrected chi connectivity index (χ4v) is 2.22. The van der Waals surface area contributed by atoms with Crippen molar-refractivity contribution in [2.75, 3.05) is 33.4 Å². The molecule has 2 rings (SSSR count). The molecule has 0 saturated heterocycles. The molecule has 0 heterocycles. The lowest BCUT2D eigenvalue weighted by Gasteiger charge is -2.15. The van der Waals surface area contributed by atoms with Crippen molar-refractivity contribution in [2.24, 2.45) is 10.9 Å². The fourth-order valence-electron chi connectivity index (χ4n) is 2.22. The van der Waals surface area contributed by atoms with Crippen molar-refractivity contribution in [1.29, 1.82) is 0 Å². The summed E-state index contributed by atoms with van der Waals surface area (Å²) in [6, 6.07) is 6.36. The summed E-state index contributed by atoms with van der Waals surface area (Å²) in [5.74, 6) is 2.51. The number of ether oxygens (including phenoxy) is 2. The molecule has 0 spiro atoms. The highest BCUT2D eigenvalue weighted by Gasteiger charge is 2.22. The molecule has 0 aliphatic heterocycles. The minimum Gasteiger partial charge on any atom is -0.493 e. The lowest BCUT2D eigenvalue weighted by Crippen LogP contribution is -2.38. The van der Waals surface area contributed by atoms with E-state index in [4.69, 9.17) is 9.47 Å². The van der Waals surface area contributed by atoms with E-state index in [1.807, 2.05) is 6.92 Å². The maximum Gasteiger partial charge on any atom is 0.191 e. The molecule has 5 heteroatoms. The second-order valence-electron chi connectivity index (χ2n) is 5.92. The first kappa shape index (κ1) is 17.6. The molecule has 0 unspecified atom stereocenters. The molecule has 1 fully saturated rings. The van der Waals surface area contributed by atoms with Gasteiger partial charge in [-0.05, 0) is 44.2 Å². The highest BCUT2D eigenvalue weighted by Crippen LogP contribution is 2.30. The molecule has 5 nitrogen and oxygen atoms in total. The number of hydrogen-bond acceptors (Lipinski definition) is 3. The van der Waals surface area contributed by atoms with Gasteiger partial charge in [0, 0.05) is 32.3 Å². The predicted molar refractivity (Wildman–Crippen MR) is 94.1 cm³/mol. The van der Waals surface area contributed by atoms with Gasteiger partial charge in [-0.25, -0.2) is 0 Å². The van der Waals surface area contributed by atoms with Crippen molar-refractivity contribution in [3.05, 3.63) is 29.3 Å². The molecule has 0 aromatic heterocycles. The molecule has 0 radical (unpaired) electrons. The summed E-state index contributed by atoms with van der Waals surface area (Å²) < 4.78 is 11.3. The van der Waals surface area contributed by atoms with E-state index in [1.165, 1.54) is 18.4 Å². The molecule has 1 saturated carbocycles. The zero-order valence-corrected chi connectivity index (χ0v) is 14.5. The van der Waals surface area contributed by atoms with E-state index >= 15 is 0 Å². The molecule has 2 N–H and O–H groups in total. The summed E-state index contributed by atoms with van der Waals surface area (Å²) in [7, 11) is 1.77. The Morgan fingerprint density at radius 2 is 2.13 bits per heavy atom. The summed E-state index contributed by atoms with van der Waals surface area (Å²) in [5.41, 5.74) is 2.38. The smallest absolute Gasteiger partial charge is 0.191 e. The van der Waals surface area contributed by atoms with Gasteiger partial charge in [0.15, 0.2) is 5.96 Å². The number of aryl methyl sites for hydroxylation is 1. The first-order valence-electron chi connectivity index (χ1n) is 8.47. The maximum absolute atomic E-state index is 6.00. The molecule has 0 bridgehead atoms. The van der Waals surface area contributed by atoms with Gasteiger partial charge >= 0.3 is 0 Å². The molecular weight excluding hydrogens is 290 g/mol. The van der Waals surface area contributed by atoms with Gasteiger partial charge in [0.2, 0.25) is 0 Å². The van der Waals surface area contributed by atoms with Gasteiger partial charge in [-0.2, -0.15) is 0 Å². The van der Waals surface area contributed by atoms with Crippen molar-refractivity contribution < 1.29 is 9.47 Å². The van der Waals surface area contributed by atoms with E-state index in [-0.39, 0.29) is 0 Å². The topological polar surface area (TPSA) is 54.9 Å². The quantitative estimate of drug-likeness (QED) is 0.417. The van der Waals surface area contributed by atoms with E-state index in [2.05, 4.69) is 40.7 Å². The van der Waals surface area contributed by atoms with Crippen LogP contribution in [-0.4, -0.2) is 39.4 Å². The fraction of sp³-hybridized carbons (Fsp3) is 0.611. The Balaban J connectivity index is 1.84. The van der Waals surface area contributed by atoms with Crippen LogP contribution in [0.4, 0.5) is 0 Å². The van der Waals surface area contributed by atoms with Gasteiger partial charge in [0.25, 0.3) is 0 Å². The molecule has 0 amide bonds. The van der Waals surface area contributed by atoms with Crippen LogP contribution in [0.2, 0.25) is 0 Å². The lowest BCUT2D eigenvalue weighted by atomic mass is 10.1. The van der Waals surface area contributed by atoms with Gasteiger partial charge < -0.3 is 20.1 Å². The van der Waals surface area contributed by atoms with Crippen LogP contribution in [0.3, 0.4) is 0 Å². The van der Waals surface area contributed by atoms with Gasteiger partial charge in [-0.15, -0.1) is 0 Å². The Bertz CT molecular complexity index is 513. The Morgan fingerprint density at radius 3 is 2.83 bits per heavy atom. The largest absolute Gasteiger partial charge is 0.493 e.